The topological polar surface area (TPSA) is 57.4 Å². The van der Waals surface area contributed by atoms with Crippen LogP contribution in [0.15, 0.2) is 24.3 Å². The number of hydrogen-bond donors (Lipinski definition) is 1. The predicted octanol–water partition coefficient (Wildman–Crippen LogP) is 0.431. The zero-order valence-corrected chi connectivity index (χ0v) is 12.4. The highest BCUT2D eigenvalue weighted by Crippen LogP contribution is 2.10. The van der Waals surface area contributed by atoms with Gasteiger partial charge in [0.15, 0.2) is 0 Å². The van der Waals surface area contributed by atoms with Crippen molar-refractivity contribution in [3.8, 4) is 0 Å². The maximum absolute atomic E-state index is 8.95. The Morgan fingerprint density at radius 1 is 0.952 bits per heavy atom. The molecular weight excluding hydrogens is 266 g/mol. The van der Waals surface area contributed by atoms with Gasteiger partial charge in [-0.05, 0) is 18.6 Å². The number of aliphatic hydroxyl groups is 1. The lowest BCUT2D eigenvalue weighted by atomic mass is 10.3. The van der Waals surface area contributed by atoms with Crippen LogP contribution in [-0.4, -0.2) is 75.8 Å². The number of aromatic nitrogens is 3. The van der Waals surface area contributed by atoms with Crippen LogP contribution in [0.3, 0.4) is 0 Å². The van der Waals surface area contributed by atoms with Gasteiger partial charge in [-0.3, -0.25) is 4.90 Å². The van der Waals surface area contributed by atoms with E-state index >= 15 is 0 Å². The molecule has 1 aromatic carbocycles. The zero-order valence-electron chi connectivity index (χ0n) is 12.4. The minimum absolute atomic E-state index is 0.263. The third-order valence-corrected chi connectivity index (χ3v) is 4.15. The molecule has 6 heteroatoms. The summed E-state index contributed by atoms with van der Waals surface area (Å²) in [5.41, 5.74) is 2.08. The molecule has 0 spiro atoms. The normalized spacial score (nSPS) is 17.6. The SMILES string of the molecule is OCCN1CCN(CCCn2nnc3ccccc32)CC1. The van der Waals surface area contributed by atoms with E-state index in [0.29, 0.717) is 0 Å². The fraction of sp³-hybridized carbons (Fsp3) is 0.600. The number of β-amino-alcohol motifs (C(OH)–C–C–N with tert-alkyl or cyclic N) is 1. The Morgan fingerprint density at radius 2 is 1.67 bits per heavy atom. The number of nitrogens with zero attached hydrogens (tertiary/aromatic N) is 5. The first-order valence-electron chi connectivity index (χ1n) is 7.70. The maximum atomic E-state index is 8.95. The second kappa shape index (κ2) is 6.98. The van der Waals surface area contributed by atoms with Gasteiger partial charge in [0.1, 0.15) is 5.52 Å². The van der Waals surface area contributed by atoms with Crippen molar-refractivity contribution in [1.82, 2.24) is 24.8 Å². The van der Waals surface area contributed by atoms with Crippen molar-refractivity contribution in [2.45, 2.75) is 13.0 Å². The Morgan fingerprint density at radius 3 is 2.43 bits per heavy atom. The number of aliphatic hydroxyl groups excluding tert-OH is 1. The van der Waals surface area contributed by atoms with E-state index in [0.717, 1.165) is 63.3 Å². The van der Waals surface area contributed by atoms with Gasteiger partial charge in [0.25, 0.3) is 0 Å². The molecule has 114 valence electrons. The molecule has 1 aromatic heterocycles. The molecule has 1 saturated heterocycles. The molecule has 3 rings (SSSR count). The van der Waals surface area contributed by atoms with Crippen molar-refractivity contribution in [2.24, 2.45) is 0 Å². The van der Waals surface area contributed by atoms with E-state index in [9.17, 15) is 0 Å². The second-order valence-corrected chi connectivity index (χ2v) is 5.56. The van der Waals surface area contributed by atoms with Crippen LogP contribution in [0.1, 0.15) is 6.42 Å². The first-order chi connectivity index (χ1) is 10.4. The Labute approximate surface area is 125 Å². The Balaban J connectivity index is 1.44. The monoisotopic (exact) mass is 289 g/mol. The summed E-state index contributed by atoms with van der Waals surface area (Å²) < 4.78 is 2.00. The molecule has 21 heavy (non-hydrogen) atoms. The fourth-order valence-electron chi connectivity index (χ4n) is 2.90. The van der Waals surface area contributed by atoms with E-state index in [1.54, 1.807) is 0 Å². The summed E-state index contributed by atoms with van der Waals surface area (Å²) in [4.78, 5) is 4.81. The van der Waals surface area contributed by atoms with Gasteiger partial charge in [-0.15, -0.1) is 5.10 Å². The highest BCUT2D eigenvalue weighted by atomic mass is 16.3. The molecule has 0 bridgehead atoms. The highest BCUT2D eigenvalue weighted by molar-refractivity contribution is 5.73. The molecular formula is C15H23N5O. The van der Waals surface area contributed by atoms with Crippen molar-refractivity contribution in [3.05, 3.63) is 24.3 Å². The van der Waals surface area contributed by atoms with Crippen LogP contribution in [0.5, 0.6) is 0 Å². The van der Waals surface area contributed by atoms with Gasteiger partial charge in [-0.25, -0.2) is 4.68 Å². The van der Waals surface area contributed by atoms with Gasteiger partial charge in [0.05, 0.1) is 12.1 Å². The molecule has 0 radical (unpaired) electrons. The van der Waals surface area contributed by atoms with Crippen LogP contribution >= 0.6 is 0 Å². The van der Waals surface area contributed by atoms with Crippen molar-refractivity contribution in [1.29, 1.82) is 0 Å². The van der Waals surface area contributed by atoms with Gasteiger partial charge < -0.3 is 10.0 Å². The molecule has 1 aliphatic rings. The van der Waals surface area contributed by atoms with Crippen LogP contribution in [0, 0.1) is 0 Å². The largest absolute Gasteiger partial charge is 0.395 e. The van der Waals surface area contributed by atoms with Gasteiger partial charge in [0, 0.05) is 45.8 Å². The molecule has 1 N–H and O–H groups in total. The van der Waals surface area contributed by atoms with Gasteiger partial charge >= 0.3 is 0 Å². The Kier molecular flexibility index (Phi) is 4.80. The van der Waals surface area contributed by atoms with Crippen molar-refractivity contribution in [3.63, 3.8) is 0 Å². The zero-order chi connectivity index (χ0) is 14.5. The first kappa shape index (κ1) is 14.4. The van der Waals surface area contributed by atoms with E-state index in [-0.39, 0.29) is 6.61 Å². The van der Waals surface area contributed by atoms with Crippen LogP contribution in [0.2, 0.25) is 0 Å². The number of fused-ring (bicyclic) bond motifs is 1. The summed E-state index contributed by atoms with van der Waals surface area (Å²) in [5.74, 6) is 0. The minimum Gasteiger partial charge on any atom is -0.395 e. The van der Waals surface area contributed by atoms with Gasteiger partial charge in [-0.2, -0.15) is 0 Å². The Hall–Kier alpha value is -1.50. The molecule has 2 aromatic rings. The van der Waals surface area contributed by atoms with Crippen molar-refractivity contribution >= 4 is 11.0 Å². The van der Waals surface area contributed by atoms with Gasteiger partial charge in [0.2, 0.25) is 0 Å². The number of rotatable bonds is 6. The predicted molar refractivity (Wildman–Crippen MR) is 82.1 cm³/mol. The third-order valence-electron chi connectivity index (χ3n) is 4.15. The molecule has 0 amide bonds. The summed E-state index contributed by atoms with van der Waals surface area (Å²) in [6, 6.07) is 8.10. The number of aryl methyl sites for hydroxylation is 1. The second-order valence-electron chi connectivity index (χ2n) is 5.56. The van der Waals surface area contributed by atoms with Crippen LogP contribution in [-0.2, 0) is 6.54 Å². The smallest absolute Gasteiger partial charge is 0.113 e. The molecule has 1 aliphatic heterocycles. The lowest BCUT2D eigenvalue weighted by Gasteiger charge is -2.34. The van der Waals surface area contributed by atoms with E-state index < -0.39 is 0 Å². The maximum Gasteiger partial charge on any atom is 0.113 e. The average Bonchev–Trinajstić information content (AvgIpc) is 2.93. The van der Waals surface area contributed by atoms with Crippen LogP contribution < -0.4 is 0 Å². The lowest BCUT2D eigenvalue weighted by molar-refractivity contribution is 0.111. The van der Waals surface area contributed by atoms with Crippen molar-refractivity contribution < 1.29 is 5.11 Å². The summed E-state index contributed by atoms with van der Waals surface area (Å²) in [5, 5.41) is 17.4. The summed E-state index contributed by atoms with van der Waals surface area (Å²) in [6.07, 6.45) is 1.09. The third kappa shape index (κ3) is 3.58. The van der Waals surface area contributed by atoms with Crippen molar-refractivity contribution in [2.75, 3.05) is 45.9 Å². The molecule has 2 heterocycles. The van der Waals surface area contributed by atoms with Crippen LogP contribution in [0.25, 0.3) is 11.0 Å². The first-order valence-corrected chi connectivity index (χ1v) is 7.70. The Bertz CT molecular complexity index is 562. The molecule has 0 atom stereocenters. The summed E-state index contributed by atoms with van der Waals surface area (Å²) in [7, 11) is 0. The number of benzene rings is 1. The van der Waals surface area contributed by atoms with E-state index in [1.807, 2.05) is 22.9 Å². The molecule has 0 aliphatic carbocycles. The number of para-hydroxylation sites is 1. The minimum atomic E-state index is 0.263. The summed E-state index contributed by atoms with van der Waals surface area (Å²) >= 11 is 0. The van der Waals surface area contributed by atoms with E-state index in [2.05, 4.69) is 26.2 Å². The lowest BCUT2D eigenvalue weighted by Crippen LogP contribution is -2.47. The average molecular weight is 289 g/mol. The molecule has 6 nitrogen and oxygen atoms in total. The van der Waals surface area contributed by atoms with E-state index in [4.69, 9.17) is 5.11 Å². The fourth-order valence-corrected chi connectivity index (χ4v) is 2.90. The molecule has 0 unspecified atom stereocenters. The standard InChI is InChI=1S/C15H23N5O/c21-13-12-19-10-8-18(9-11-19)6-3-7-20-15-5-2-1-4-14(15)16-17-20/h1-2,4-5,21H,3,6-13H2. The number of piperazine rings is 1. The highest BCUT2D eigenvalue weighted by Gasteiger charge is 2.15. The van der Waals surface area contributed by atoms with Gasteiger partial charge in [-0.1, -0.05) is 17.3 Å². The quantitative estimate of drug-likeness (QED) is 0.836. The summed E-state index contributed by atoms with van der Waals surface area (Å²) in [6.45, 7) is 7.40. The van der Waals surface area contributed by atoms with Crippen LogP contribution in [0.4, 0.5) is 0 Å². The number of hydrogen-bond acceptors (Lipinski definition) is 5. The molecule has 0 saturated carbocycles. The van der Waals surface area contributed by atoms with E-state index in [1.165, 1.54) is 0 Å². The molecule has 1 fully saturated rings.